The lowest BCUT2D eigenvalue weighted by molar-refractivity contribution is 0.404. The van der Waals surface area contributed by atoms with Gasteiger partial charge in [-0.2, -0.15) is 0 Å². The Bertz CT molecular complexity index is 344. The smallest absolute Gasteiger partial charge is 0.123 e. The van der Waals surface area contributed by atoms with Crippen LogP contribution in [0.4, 0.5) is 4.39 Å². The first-order valence-electron chi connectivity index (χ1n) is 5.54. The highest BCUT2D eigenvalue weighted by atomic mass is 19.1. The molecule has 1 aromatic carbocycles. The Labute approximate surface area is 96.6 Å². The number of aryl methyl sites for hydroxylation is 1. The molecule has 0 fully saturated rings. The zero-order valence-electron chi connectivity index (χ0n) is 10.2. The molecule has 0 aliphatic rings. The van der Waals surface area contributed by atoms with E-state index in [0.717, 1.165) is 30.6 Å². The van der Waals surface area contributed by atoms with E-state index in [1.165, 1.54) is 12.1 Å². The van der Waals surface area contributed by atoms with Crippen LogP contribution in [0.3, 0.4) is 0 Å². The van der Waals surface area contributed by atoms with Crippen LogP contribution in [0.5, 0.6) is 5.75 Å². The van der Waals surface area contributed by atoms with Gasteiger partial charge in [0, 0.05) is 5.54 Å². The summed E-state index contributed by atoms with van der Waals surface area (Å²) in [5.41, 5.74) is 6.64. The minimum Gasteiger partial charge on any atom is -0.496 e. The largest absolute Gasteiger partial charge is 0.496 e. The molecule has 3 heteroatoms. The number of hydrogen-bond acceptors (Lipinski definition) is 2. The van der Waals surface area contributed by atoms with Gasteiger partial charge in [-0.05, 0) is 56.9 Å². The maximum absolute atomic E-state index is 13.1. The predicted molar refractivity (Wildman–Crippen MR) is 64.2 cm³/mol. The summed E-state index contributed by atoms with van der Waals surface area (Å²) in [5.74, 6) is 0.527. The van der Waals surface area contributed by atoms with Gasteiger partial charge in [0.25, 0.3) is 0 Å². The first-order valence-corrected chi connectivity index (χ1v) is 5.54. The van der Waals surface area contributed by atoms with Gasteiger partial charge in [0.2, 0.25) is 0 Å². The van der Waals surface area contributed by atoms with Crippen molar-refractivity contribution in [3.05, 3.63) is 29.6 Å². The second-order valence-electron chi connectivity index (χ2n) is 4.80. The summed E-state index contributed by atoms with van der Waals surface area (Å²) >= 11 is 0. The van der Waals surface area contributed by atoms with Crippen molar-refractivity contribution in [3.63, 3.8) is 0 Å². The first-order chi connectivity index (χ1) is 7.42. The maximum atomic E-state index is 13.1. The Morgan fingerprint density at radius 3 is 2.62 bits per heavy atom. The predicted octanol–water partition coefficient (Wildman–Crippen LogP) is 2.89. The lowest BCUT2D eigenvalue weighted by atomic mass is 9.96. The third-order valence-electron chi connectivity index (χ3n) is 2.51. The average molecular weight is 225 g/mol. The van der Waals surface area contributed by atoms with Crippen molar-refractivity contribution in [2.45, 2.75) is 38.6 Å². The summed E-state index contributed by atoms with van der Waals surface area (Å²) in [6.45, 7) is 3.99. The highest BCUT2D eigenvalue weighted by Crippen LogP contribution is 2.22. The third-order valence-corrected chi connectivity index (χ3v) is 2.51. The molecule has 16 heavy (non-hydrogen) atoms. The number of halogens is 1. The van der Waals surface area contributed by atoms with E-state index in [2.05, 4.69) is 0 Å². The molecule has 0 saturated heterocycles. The topological polar surface area (TPSA) is 35.2 Å². The van der Waals surface area contributed by atoms with Gasteiger partial charge in [0.15, 0.2) is 0 Å². The van der Waals surface area contributed by atoms with E-state index < -0.39 is 0 Å². The Morgan fingerprint density at radius 1 is 1.38 bits per heavy atom. The molecule has 0 radical (unpaired) electrons. The minimum absolute atomic E-state index is 0.166. The summed E-state index contributed by atoms with van der Waals surface area (Å²) in [4.78, 5) is 0. The molecule has 0 amide bonds. The summed E-state index contributed by atoms with van der Waals surface area (Å²) in [7, 11) is 1.60. The number of methoxy groups -OCH3 is 1. The fourth-order valence-corrected chi connectivity index (χ4v) is 1.68. The van der Waals surface area contributed by atoms with Crippen molar-refractivity contribution in [1.29, 1.82) is 0 Å². The van der Waals surface area contributed by atoms with Crippen molar-refractivity contribution in [1.82, 2.24) is 0 Å². The Balaban J connectivity index is 2.62. The zero-order valence-corrected chi connectivity index (χ0v) is 10.2. The van der Waals surface area contributed by atoms with Crippen LogP contribution in [-0.4, -0.2) is 12.6 Å². The Morgan fingerprint density at radius 2 is 2.06 bits per heavy atom. The Kier molecular flexibility index (Phi) is 4.30. The monoisotopic (exact) mass is 225 g/mol. The van der Waals surface area contributed by atoms with Gasteiger partial charge < -0.3 is 10.5 Å². The molecule has 0 heterocycles. The molecule has 0 aliphatic carbocycles. The van der Waals surface area contributed by atoms with E-state index in [-0.39, 0.29) is 11.4 Å². The van der Waals surface area contributed by atoms with Gasteiger partial charge in [-0.1, -0.05) is 0 Å². The van der Waals surface area contributed by atoms with Crippen molar-refractivity contribution in [2.75, 3.05) is 7.11 Å². The molecule has 0 aromatic heterocycles. The van der Waals surface area contributed by atoms with Crippen molar-refractivity contribution < 1.29 is 9.13 Å². The number of nitrogens with two attached hydrogens (primary N) is 1. The molecule has 0 bridgehead atoms. The standard InChI is InChI=1S/C13H20FNO/c1-13(2,15)8-4-5-10-9-11(14)6-7-12(10)16-3/h6-7,9H,4-5,8,15H2,1-3H3. The normalized spacial score (nSPS) is 11.6. The van der Waals surface area contributed by atoms with Gasteiger partial charge in [0.05, 0.1) is 7.11 Å². The first kappa shape index (κ1) is 13.0. The summed E-state index contributed by atoms with van der Waals surface area (Å²) in [5, 5.41) is 0. The highest BCUT2D eigenvalue weighted by molar-refractivity contribution is 5.33. The van der Waals surface area contributed by atoms with E-state index in [1.807, 2.05) is 13.8 Å². The van der Waals surface area contributed by atoms with Crippen LogP contribution in [0.2, 0.25) is 0 Å². The van der Waals surface area contributed by atoms with Crippen molar-refractivity contribution in [3.8, 4) is 5.75 Å². The van der Waals surface area contributed by atoms with Crippen LogP contribution in [0.1, 0.15) is 32.3 Å². The van der Waals surface area contributed by atoms with Crippen LogP contribution in [0.25, 0.3) is 0 Å². The maximum Gasteiger partial charge on any atom is 0.123 e. The van der Waals surface area contributed by atoms with E-state index >= 15 is 0 Å². The number of rotatable bonds is 5. The van der Waals surface area contributed by atoms with Crippen molar-refractivity contribution in [2.24, 2.45) is 5.73 Å². The number of benzene rings is 1. The summed E-state index contributed by atoms with van der Waals surface area (Å²) in [6, 6.07) is 4.61. The molecule has 0 spiro atoms. The number of ether oxygens (including phenoxy) is 1. The second-order valence-corrected chi connectivity index (χ2v) is 4.80. The minimum atomic E-state index is -0.220. The van der Waals surface area contributed by atoms with Crippen LogP contribution in [-0.2, 0) is 6.42 Å². The molecule has 1 aromatic rings. The van der Waals surface area contributed by atoms with Gasteiger partial charge in [-0.25, -0.2) is 4.39 Å². The second kappa shape index (κ2) is 5.30. The van der Waals surface area contributed by atoms with Gasteiger partial charge >= 0.3 is 0 Å². The fourth-order valence-electron chi connectivity index (χ4n) is 1.68. The van der Waals surface area contributed by atoms with E-state index in [4.69, 9.17) is 10.5 Å². The van der Waals surface area contributed by atoms with E-state index in [0.29, 0.717) is 0 Å². The summed E-state index contributed by atoms with van der Waals surface area (Å²) in [6.07, 6.45) is 2.64. The third kappa shape index (κ3) is 4.19. The van der Waals surface area contributed by atoms with Crippen LogP contribution >= 0.6 is 0 Å². The van der Waals surface area contributed by atoms with Crippen LogP contribution < -0.4 is 10.5 Å². The molecule has 2 nitrogen and oxygen atoms in total. The highest BCUT2D eigenvalue weighted by Gasteiger charge is 2.11. The summed E-state index contributed by atoms with van der Waals surface area (Å²) < 4.78 is 18.2. The van der Waals surface area contributed by atoms with Gasteiger partial charge in [-0.3, -0.25) is 0 Å². The molecule has 1 rings (SSSR count). The molecular formula is C13H20FNO. The van der Waals surface area contributed by atoms with Gasteiger partial charge in [-0.15, -0.1) is 0 Å². The molecular weight excluding hydrogens is 205 g/mol. The number of hydrogen-bond donors (Lipinski definition) is 1. The van der Waals surface area contributed by atoms with E-state index in [1.54, 1.807) is 13.2 Å². The van der Waals surface area contributed by atoms with E-state index in [9.17, 15) is 4.39 Å². The molecule has 0 saturated carbocycles. The molecule has 0 aliphatic heterocycles. The molecule has 0 unspecified atom stereocenters. The average Bonchev–Trinajstić information content (AvgIpc) is 2.16. The molecule has 0 atom stereocenters. The van der Waals surface area contributed by atoms with Crippen LogP contribution in [0, 0.1) is 5.82 Å². The SMILES string of the molecule is COc1ccc(F)cc1CCCC(C)(C)N. The van der Waals surface area contributed by atoms with Crippen molar-refractivity contribution >= 4 is 0 Å². The molecule has 90 valence electrons. The lowest BCUT2D eigenvalue weighted by Crippen LogP contribution is -2.31. The zero-order chi connectivity index (χ0) is 12.2. The van der Waals surface area contributed by atoms with Crippen LogP contribution in [0.15, 0.2) is 18.2 Å². The lowest BCUT2D eigenvalue weighted by Gasteiger charge is -2.18. The quantitative estimate of drug-likeness (QED) is 0.836. The fraction of sp³-hybridized carbons (Fsp3) is 0.538. The van der Waals surface area contributed by atoms with Gasteiger partial charge in [0.1, 0.15) is 11.6 Å². The molecule has 2 N–H and O–H groups in total. The Hall–Kier alpha value is -1.09.